The van der Waals surface area contributed by atoms with E-state index in [4.69, 9.17) is 4.42 Å². The molecule has 274 valence electrons. The second kappa shape index (κ2) is 12.2. The molecule has 2 aliphatic carbocycles. The Labute approximate surface area is 338 Å². The van der Waals surface area contributed by atoms with Crippen molar-refractivity contribution in [3.05, 3.63) is 234 Å². The molecule has 0 atom stereocenters. The number of furan rings is 1. The largest absolute Gasteiger partial charge is 0.456 e. The lowest BCUT2D eigenvalue weighted by atomic mass is 9.67. The van der Waals surface area contributed by atoms with Gasteiger partial charge in [0.15, 0.2) is 0 Å². The molecular weight excluding hydrogens is 703 g/mol. The quantitative estimate of drug-likeness (QED) is 0.175. The number of benzene rings is 9. The predicted octanol–water partition coefficient (Wildman–Crippen LogP) is 14.9. The van der Waals surface area contributed by atoms with Crippen molar-refractivity contribution in [2.24, 2.45) is 0 Å². The van der Waals surface area contributed by atoms with Crippen LogP contribution in [-0.4, -0.2) is 0 Å². The molecule has 0 unspecified atom stereocenters. The normalized spacial score (nSPS) is 14.3. The molecule has 2 nitrogen and oxygen atoms in total. The van der Waals surface area contributed by atoms with Crippen LogP contribution >= 0.6 is 0 Å². The molecule has 0 aliphatic heterocycles. The smallest absolute Gasteiger partial charge is 0.137 e. The highest BCUT2D eigenvalue weighted by molar-refractivity contribution is 6.08. The first-order chi connectivity index (χ1) is 28.5. The van der Waals surface area contributed by atoms with E-state index >= 15 is 0 Å². The average Bonchev–Trinajstić information content (AvgIpc) is 3.88. The number of anilines is 3. The molecule has 0 fully saturated rings. The van der Waals surface area contributed by atoms with Gasteiger partial charge in [-0.1, -0.05) is 172 Å². The Kier molecular flexibility index (Phi) is 6.93. The maximum absolute atomic E-state index is 6.60. The molecule has 0 amide bonds. The molecule has 12 rings (SSSR count). The molecule has 0 bridgehead atoms. The molecule has 2 heteroatoms. The molecule has 0 N–H and O–H groups in total. The second-order valence-corrected chi connectivity index (χ2v) is 16.4. The molecule has 10 aromatic rings. The van der Waals surface area contributed by atoms with Crippen LogP contribution < -0.4 is 4.90 Å². The van der Waals surface area contributed by atoms with Gasteiger partial charge in [0, 0.05) is 39.2 Å². The summed E-state index contributed by atoms with van der Waals surface area (Å²) in [5.41, 5.74) is 17.3. The Bertz CT molecular complexity index is 3230. The van der Waals surface area contributed by atoms with Crippen LogP contribution in [-0.2, 0) is 10.8 Å². The summed E-state index contributed by atoms with van der Waals surface area (Å²) in [7, 11) is 0. The average molecular weight is 742 g/mol. The van der Waals surface area contributed by atoms with E-state index in [1.165, 1.54) is 66.4 Å². The van der Waals surface area contributed by atoms with E-state index in [-0.39, 0.29) is 5.41 Å². The summed E-state index contributed by atoms with van der Waals surface area (Å²) in [5, 5.41) is 4.77. The van der Waals surface area contributed by atoms with Gasteiger partial charge >= 0.3 is 0 Å². The molecule has 0 spiro atoms. The maximum Gasteiger partial charge on any atom is 0.137 e. The van der Waals surface area contributed by atoms with E-state index < -0.39 is 5.41 Å². The third-order valence-corrected chi connectivity index (χ3v) is 13.1. The first kappa shape index (κ1) is 33.0. The van der Waals surface area contributed by atoms with Gasteiger partial charge in [0.1, 0.15) is 11.2 Å². The van der Waals surface area contributed by atoms with Crippen molar-refractivity contribution >= 4 is 49.8 Å². The van der Waals surface area contributed by atoms with Crippen LogP contribution in [0, 0.1) is 0 Å². The molecule has 58 heavy (non-hydrogen) atoms. The van der Waals surface area contributed by atoms with Gasteiger partial charge in [0.05, 0.1) is 11.1 Å². The predicted molar refractivity (Wildman–Crippen MR) is 241 cm³/mol. The van der Waals surface area contributed by atoms with Crippen molar-refractivity contribution < 1.29 is 4.42 Å². The van der Waals surface area contributed by atoms with Crippen molar-refractivity contribution in [1.82, 2.24) is 0 Å². The molecule has 0 saturated carbocycles. The number of para-hydroxylation sites is 1. The molecule has 0 saturated heterocycles. The van der Waals surface area contributed by atoms with Crippen molar-refractivity contribution in [2.75, 3.05) is 4.90 Å². The minimum atomic E-state index is -0.529. The van der Waals surface area contributed by atoms with E-state index in [0.717, 1.165) is 39.0 Å². The van der Waals surface area contributed by atoms with Gasteiger partial charge < -0.3 is 9.32 Å². The Balaban J connectivity index is 1.19. The Morgan fingerprint density at radius 1 is 0.414 bits per heavy atom. The number of hydrogen-bond acceptors (Lipinski definition) is 2. The fraction of sp³-hybridized carbons (Fsp3) is 0.0714. The molecule has 2 aliphatic rings. The number of fused-ring (bicyclic) bond motifs is 11. The number of rotatable bonds is 5. The standard InChI is InChI=1S/C56H39NO/c1-55(2)47-27-12-10-26-46(47)53-50(33-36-17-6-7-22-41(36)54(53)55)57(40-31-32-45-44-25-11-15-30-51(44)58-52(45)35-40)39-21-16-20-38(34-39)56(37-18-4-3-5-19-37)48-28-13-8-23-42(48)43-24-9-14-29-49(43)56/h3-35H,1-2H3. The summed E-state index contributed by atoms with van der Waals surface area (Å²) >= 11 is 0. The summed E-state index contributed by atoms with van der Waals surface area (Å²) in [4.78, 5) is 2.49. The first-order valence-corrected chi connectivity index (χ1v) is 20.3. The molecule has 1 heterocycles. The number of hydrogen-bond donors (Lipinski definition) is 0. The van der Waals surface area contributed by atoms with Crippen LogP contribution in [0.3, 0.4) is 0 Å². The topological polar surface area (TPSA) is 16.4 Å². The first-order valence-electron chi connectivity index (χ1n) is 20.3. The van der Waals surface area contributed by atoms with E-state index in [1.54, 1.807) is 0 Å². The van der Waals surface area contributed by atoms with Gasteiger partial charge in [-0.15, -0.1) is 0 Å². The lowest BCUT2D eigenvalue weighted by molar-refractivity contribution is 0.666. The third kappa shape index (κ3) is 4.43. The highest BCUT2D eigenvalue weighted by Gasteiger charge is 2.46. The lowest BCUT2D eigenvalue weighted by Gasteiger charge is -2.35. The van der Waals surface area contributed by atoms with Gasteiger partial charge in [-0.2, -0.15) is 0 Å². The van der Waals surface area contributed by atoms with Gasteiger partial charge in [-0.3, -0.25) is 0 Å². The van der Waals surface area contributed by atoms with Gasteiger partial charge in [-0.25, -0.2) is 0 Å². The second-order valence-electron chi connectivity index (χ2n) is 16.4. The molecule has 1 aromatic heterocycles. The molecule has 0 radical (unpaired) electrons. The van der Waals surface area contributed by atoms with Gasteiger partial charge in [0.2, 0.25) is 0 Å². The fourth-order valence-electron chi connectivity index (χ4n) is 10.7. The van der Waals surface area contributed by atoms with Crippen molar-refractivity contribution in [3.63, 3.8) is 0 Å². The van der Waals surface area contributed by atoms with Crippen LogP contribution in [0.5, 0.6) is 0 Å². The third-order valence-electron chi connectivity index (χ3n) is 13.1. The van der Waals surface area contributed by atoms with E-state index in [9.17, 15) is 0 Å². The van der Waals surface area contributed by atoms with Crippen LogP contribution in [0.1, 0.15) is 47.2 Å². The van der Waals surface area contributed by atoms with Gasteiger partial charge in [-0.05, 0) is 97.2 Å². The summed E-state index contributed by atoms with van der Waals surface area (Å²) in [6.45, 7) is 4.77. The van der Waals surface area contributed by atoms with E-state index in [2.05, 4.69) is 213 Å². The van der Waals surface area contributed by atoms with E-state index in [0.29, 0.717) is 0 Å². The van der Waals surface area contributed by atoms with Crippen molar-refractivity contribution in [3.8, 4) is 22.3 Å². The lowest BCUT2D eigenvalue weighted by Crippen LogP contribution is -2.28. The Morgan fingerprint density at radius 2 is 1.00 bits per heavy atom. The van der Waals surface area contributed by atoms with Crippen molar-refractivity contribution in [2.45, 2.75) is 24.7 Å². The van der Waals surface area contributed by atoms with E-state index in [1.807, 2.05) is 6.07 Å². The zero-order valence-electron chi connectivity index (χ0n) is 32.4. The maximum atomic E-state index is 6.60. The Hall–Kier alpha value is -7.16. The number of nitrogens with zero attached hydrogens (tertiary/aromatic N) is 1. The zero-order valence-corrected chi connectivity index (χ0v) is 32.4. The summed E-state index contributed by atoms with van der Waals surface area (Å²) in [6.07, 6.45) is 0. The highest BCUT2D eigenvalue weighted by atomic mass is 16.3. The zero-order chi connectivity index (χ0) is 38.6. The minimum absolute atomic E-state index is 0.202. The van der Waals surface area contributed by atoms with Gasteiger partial charge in [0.25, 0.3) is 0 Å². The SMILES string of the molecule is CC1(C)c2ccccc2-c2c(N(c3cccc(C4(c5ccccc5)c5ccccc5-c5ccccc54)c3)c3ccc4c(c3)oc3ccccc34)cc3ccccc3c21. The Morgan fingerprint density at radius 3 is 1.78 bits per heavy atom. The molecular formula is C56H39NO. The monoisotopic (exact) mass is 741 g/mol. The van der Waals surface area contributed by atoms with Crippen molar-refractivity contribution in [1.29, 1.82) is 0 Å². The van der Waals surface area contributed by atoms with Crippen LogP contribution in [0.25, 0.3) is 55.0 Å². The summed E-state index contributed by atoms with van der Waals surface area (Å²) < 4.78 is 6.60. The van der Waals surface area contributed by atoms with Crippen LogP contribution in [0.15, 0.2) is 205 Å². The van der Waals surface area contributed by atoms with Crippen LogP contribution in [0.4, 0.5) is 17.1 Å². The highest BCUT2D eigenvalue weighted by Crippen LogP contribution is 2.59. The fourth-order valence-corrected chi connectivity index (χ4v) is 10.7. The molecule has 9 aromatic carbocycles. The summed E-state index contributed by atoms with van der Waals surface area (Å²) in [6, 6.07) is 73.8. The summed E-state index contributed by atoms with van der Waals surface area (Å²) in [5.74, 6) is 0. The minimum Gasteiger partial charge on any atom is -0.456 e. The van der Waals surface area contributed by atoms with Crippen LogP contribution in [0.2, 0.25) is 0 Å².